The second-order valence-electron chi connectivity index (χ2n) is 7.23. The summed E-state index contributed by atoms with van der Waals surface area (Å²) < 4.78 is 40.4. The topological polar surface area (TPSA) is 85.3 Å². The smallest absolute Gasteiger partial charge is 0.480 e. The van der Waals surface area contributed by atoms with E-state index in [-0.39, 0.29) is 18.0 Å². The van der Waals surface area contributed by atoms with E-state index in [4.69, 9.17) is 4.74 Å². The van der Waals surface area contributed by atoms with Gasteiger partial charge in [0.05, 0.1) is 0 Å². The third-order valence-corrected chi connectivity index (χ3v) is 4.13. The average Bonchev–Trinajstić information content (AvgIpc) is 3.03. The fourth-order valence-electron chi connectivity index (χ4n) is 3.17. The minimum Gasteiger partial charge on any atom is -0.480 e. The highest BCUT2D eigenvalue weighted by atomic mass is 19.3. The number of carboxylic acids is 1. The first-order valence-electron chi connectivity index (χ1n) is 8.09. The molecular formula is C17H19F2NO6. The van der Waals surface area contributed by atoms with Crippen molar-refractivity contribution < 1.29 is 37.7 Å². The number of alkyl halides is 2. The summed E-state index contributed by atoms with van der Waals surface area (Å²) in [6, 6.07) is 2.98. The maximum absolute atomic E-state index is 13.2. The lowest BCUT2D eigenvalue weighted by Gasteiger charge is -2.28. The van der Waals surface area contributed by atoms with Crippen LogP contribution in [-0.4, -0.2) is 46.6 Å². The van der Waals surface area contributed by atoms with Crippen molar-refractivity contribution in [2.24, 2.45) is 0 Å². The molecule has 1 saturated heterocycles. The molecule has 1 aromatic carbocycles. The van der Waals surface area contributed by atoms with Crippen LogP contribution in [0.4, 0.5) is 13.6 Å². The largest absolute Gasteiger partial charge is 0.586 e. The number of hydrogen-bond acceptors (Lipinski definition) is 5. The van der Waals surface area contributed by atoms with Gasteiger partial charge in [-0.1, -0.05) is 6.07 Å². The molecule has 0 saturated carbocycles. The third-order valence-electron chi connectivity index (χ3n) is 4.13. The van der Waals surface area contributed by atoms with Crippen molar-refractivity contribution in [3.05, 3.63) is 23.8 Å². The zero-order valence-electron chi connectivity index (χ0n) is 14.5. The van der Waals surface area contributed by atoms with Crippen LogP contribution in [0.25, 0.3) is 0 Å². The Labute approximate surface area is 148 Å². The van der Waals surface area contributed by atoms with E-state index < -0.39 is 35.9 Å². The Morgan fingerprint density at radius 1 is 1.27 bits per heavy atom. The van der Waals surface area contributed by atoms with Gasteiger partial charge in [0.1, 0.15) is 11.6 Å². The lowest BCUT2D eigenvalue weighted by molar-refractivity contribution is -0.286. The number of hydrogen-bond donors (Lipinski definition) is 1. The molecular weight excluding hydrogens is 352 g/mol. The quantitative estimate of drug-likeness (QED) is 0.859. The highest BCUT2D eigenvalue weighted by molar-refractivity contribution is 5.82. The Morgan fingerprint density at radius 2 is 1.92 bits per heavy atom. The van der Waals surface area contributed by atoms with E-state index in [0.717, 1.165) is 4.90 Å². The second-order valence-corrected chi connectivity index (χ2v) is 7.23. The molecule has 142 valence electrons. The molecule has 0 aromatic heterocycles. The van der Waals surface area contributed by atoms with Crippen LogP contribution >= 0.6 is 0 Å². The number of carbonyl (C=O) groups excluding carboxylic acids is 1. The maximum atomic E-state index is 13.2. The first-order chi connectivity index (χ1) is 12.0. The fourth-order valence-corrected chi connectivity index (χ4v) is 3.17. The molecule has 3 rings (SSSR count). The number of carbonyl (C=O) groups is 2. The predicted octanol–water partition coefficient (Wildman–Crippen LogP) is 3.19. The predicted molar refractivity (Wildman–Crippen MR) is 84.4 cm³/mol. The van der Waals surface area contributed by atoms with E-state index in [0.29, 0.717) is 12.0 Å². The van der Waals surface area contributed by atoms with Crippen LogP contribution in [0.2, 0.25) is 0 Å². The minimum absolute atomic E-state index is 0.118. The van der Waals surface area contributed by atoms with Crippen LogP contribution in [0.15, 0.2) is 18.2 Å². The summed E-state index contributed by atoms with van der Waals surface area (Å²) in [6.07, 6.45) is -4.11. The van der Waals surface area contributed by atoms with Gasteiger partial charge < -0.3 is 19.3 Å². The van der Waals surface area contributed by atoms with Crippen molar-refractivity contribution >= 4 is 12.1 Å². The van der Waals surface area contributed by atoms with Crippen molar-refractivity contribution in [1.82, 2.24) is 4.90 Å². The second kappa shape index (κ2) is 6.00. The van der Waals surface area contributed by atoms with Gasteiger partial charge in [-0.2, -0.15) is 0 Å². The van der Waals surface area contributed by atoms with Crippen LogP contribution in [0, 0.1) is 0 Å². The van der Waals surface area contributed by atoms with Gasteiger partial charge in [-0.3, -0.25) is 4.90 Å². The van der Waals surface area contributed by atoms with Crippen molar-refractivity contribution in [3.63, 3.8) is 0 Å². The van der Waals surface area contributed by atoms with E-state index in [9.17, 15) is 23.5 Å². The van der Waals surface area contributed by atoms with Gasteiger partial charge in [-0.05, 0) is 44.9 Å². The molecule has 2 aliphatic heterocycles. The monoisotopic (exact) mass is 371 g/mol. The molecule has 2 heterocycles. The van der Waals surface area contributed by atoms with E-state index in [1.54, 1.807) is 20.8 Å². The van der Waals surface area contributed by atoms with Gasteiger partial charge in [0.2, 0.25) is 0 Å². The Balaban J connectivity index is 1.85. The number of halogens is 2. The van der Waals surface area contributed by atoms with Crippen LogP contribution in [-0.2, 0) is 9.53 Å². The van der Waals surface area contributed by atoms with E-state index in [2.05, 4.69) is 9.47 Å². The minimum atomic E-state index is -3.74. The Bertz CT molecular complexity index is 745. The van der Waals surface area contributed by atoms with Crippen LogP contribution in [0.1, 0.15) is 38.7 Å². The lowest BCUT2D eigenvalue weighted by Crippen LogP contribution is -2.45. The summed E-state index contributed by atoms with van der Waals surface area (Å²) in [5, 5.41) is 9.61. The Kier molecular flexibility index (Phi) is 4.20. The molecule has 1 N–H and O–H groups in total. The van der Waals surface area contributed by atoms with E-state index in [1.165, 1.54) is 18.2 Å². The van der Waals surface area contributed by atoms with Gasteiger partial charge in [0, 0.05) is 12.5 Å². The summed E-state index contributed by atoms with van der Waals surface area (Å²) in [4.78, 5) is 25.2. The zero-order valence-corrected chi connectivity index (χ0v) is 14.5. The van der Waals surface area contributed by atoms with Crippen molar-refractivity contribution in [3.8, 4) is 11.5 Å². The number of amides is 1. The van der Waals surface area contributed by atoms with E-state index in [1.807, 2.05) is 0 Å². The fraction of sp³-hybridized carbons (Fsp3) is 0.529. The molecule has 0 spiro atoms. The standard InChI is InChI=1S/C17H19F2NO6/c1-16(2,3)26-15(23)20-7-6-10(13(20)14(21)22)9-4-5-11-12(8-9)25-17(18,19)24-11/h4-5,8,10,13H,6-7H2,1-3H3,(H,21,22). The van der Waals surface area contributed by atoms with Crippen LogP contribution in [0.3, 0.4) is 0 Å². The first kappa shape index (κ1) is 18.2. The number of likely N-dealkylation sites (tertiary alicyclic amines) is 1. The highest BCUT2D eigenvalue weighted by Crippen LogP contribution is 2.44. The number of aliphatic carboxylic acids is 1. The normalized spacial score (nSPS) is 23.8. The van der Waals surface area contributed by atoms with Gasteiger partial charge in [-0.15, -0.1) is 8.78 Å². The molecule has 2 aliphatic rings. The summed E-state index contributed by atoms with van der Waals surface area (Å²) in [6.45, 7) is 5.24. The molecule has 26 heavy (non-hydrogen) atoms. The van der Waals surface area contributed by atoms with Crippen LogP contribution < -0.4 is 9.47 Å². The molecule has 2 atom stereocenters. The Morgan fingerprint density at radius 3 is 2.54 bits per heavy atom. The molecule has 0 radical (unpaired) electrons. The summed E-state index contributed by atoms with van der Waals surface area (Å²) in [7, 11) is 0. The molecule has 1 amide bonds. The average molecular weight is 371 g/mol. The SMILES string of the molecule is CC(C)(C)OC(=O)N1CCC(c2ccc3c(c2)OC(F)(F)O3)C1C(=O)O. The van der Waals surface area contributed by atoms with Crippen molar-refractivity contribution in [2.45, 2.75) is 51.0 Å². The van der Waals surface area contributed by atoms with Gasteiger partial charge in [0.25, 0.3) is 0 Å². The maximum Gasteiger partial charge on any atom is 0.586 e. The molecule has 1 aromatic rings. The molecule has 0 bridgehead atoms. The van der Waals surface area contributed by atoms with Gasteiger partial charge >= 0.3 is 18.4 Å². The molecule has 2 unspecified atom stereocenters. The highest BCUT2D eigenvalue weighted by Gasteiger charge is 2.46. The number of nitrogens with zero attached hydrogens (tertiary/aromatic N) is 1. The Hall–Kier alpha value is -2.58. The number of rotatable bonds is 2. The number of carboxylic acid groups (broad SMARTS) is 1. The molecule has 9 heteroatoms. The molecule has 1 fully saturated rings. The van der Waals surface area contributed by atoms with Gasteiger partial charge in [-0.25, -0.2) is 9.59 Å². The molecule has 0 aliphatic carbocycles. The molecule has 7 nitrogen and oxygen atoms in total. The summed E-state index contributed by atoms with van der Waals surface area (Å²) in [5.41, 5.74) is -0.286. The van der Waals surface area contributed by atoms with Crippen molar-refractivity contribution in [2.75, 3.05) is 6.54 Å². The van der Waals surface area contributed by atoms with Gasteiger partial charge in [0.15, 0.2) is 11.5 Å². The third kappa shape index (κ3) is 3.51. The summed E-state index contributed by atoms with van der Waals surface area (Å²) >= 11 is 0. The first-order valence-corrected chi connectivity index (χ1v) is 8.09. The summed E-state index contributed by atoms with van der Waals surface area (Å²) in [5.74, 6) is -2.05. The van der Waals surface area contributed by atoms with Crippen LogP contribution in [0.5, 0.6) is 11.5 Å². The zero-order chi connectivity index (χ0) is 19.3. The number of ether oxygens (including phenoxy) is 3. The lowest BCUT2D eigenvalue weighted by atomic mass is 9.91. The number of fused-ring (bicyclic) bond motifs is 1. The van der Waals surface area contributed by atoms with Crippen molar-refractivity contribution in [1.29, 1.82) is 0 Å². The van der Waals surface area contributed by atoms with E-state index >= 15 is 0 Å². The number of benzene rings is 1.